The van der Waals surface area contributed by atoms with Crippen molar-refractivity contribution in [2.45, 2.75) is 20.1 Å². The van der Waals surface area contributed by atoms with Gasteiger partial charge < -0.3 is 14.6 Å². The van der Waals surface area contributed by atoms with Crippen LogP contribution in [0.3, 0.4) is 0 Å². The summed E-state index contributed by atoms with van der Waals surface area (Å²) in [5.74, 6) is 1.23. The number of hydrogen-bond acceptors (Lipinski definition) is 5. The monoisotopic (exact) mass is 233 g/mol. The number of methoxy groups -OCH3 is 1. The fourth-order valence-corrected chi connectivity index (χ4v) is 1.53. The minimum atomic E-state index is 0.549. The highest BCUT2D eigenvalue weighted by atomic mass is 16.5. The molecule has 5 heteroatoms. The van der Waals surface area contributed by atoms with Crippen LogP contribution in [0.1, 0.15) is 17.3 Å². The van der Waals surface area contributed by atoms with Gasteiger partial charge in [0.1, 0.15) is 0 Å². The molecule has 0 bridgehead atoms. The maximum Gasteiger partial charge on any atom is 0.223 e. The molecule has 0 radical (unpaired) electrons. The average Bonchev–Trinajstić information content (AvgIpc) is 2.74. The van der Waals surface area contributed by atoms with Gasteiger partial charge in [-0.25, -0.2) is 0 Å². The summed E-state index contributed by atoms with van der Waals surface area (Å²) in [6, 6.07) is 8.04. The molecule has 0 aliphatic carbocycles. The maximum absolute atomic E-state index is 5.08. The zero-order valence-corrected chi connectivity index (χ0v) is 9.93. The summed E-state index contributed by atoms with van der Waals surface area (Å²) >= 11 is 0. The van der Waals surface area contributed by atoms with Crippen LogP contribution in [0.4, 0.5) is 5.69 Å². The summed E-state index contributed by atoms with van der Waals surface area (Å²) in [4.78, 5) is 4.12. The molecule has 0 spiro atoms. The fraction of sp³-hybridized carbons (Fsp3) is 0.333. The largest absolute Gasteiger partial charge is 0.380 e. The summed E-state index contributed by atoms with van der Waals surface area (Å²) in [6.07, 6.45) is 0. The van der Waals surface area contributed by atoms with E-state index in [1.165, 1.54) is 0 Å². The normalized spacial score (nSPS) is 10.5. The van der Waals surface area contributed by atoms with E-state index >= 15 is 0 Å². The SMILES string of the molecule is COCc1cccc(NCc2noc(C)n2)c1. The van der Waals surface area contributed by atoms with E-state index in [2.05, 4.69) is 15.5 Å². The smallest absolute Gasteiger partial charge is 0.223 e. The predicted octanol–water partition coefficient (Wildman–Crippen LogP) is 2.14. The summed E-state index contributed by atoms with van der Waals surface area (Å²) in [5, 5.41) is 7.05. The van der Waals surface area contributed by atoms with Gasteiger partial charge in [-0.15, -0.1) is 0 Å². The molecule has 17 heavy (non-hydrogen) atoms. The molecule has 2 rings (SSSR count). The summed E-state index contributed by atoms with van der Waals surface area (Å²) < 4.78 is 9.98. The molecule has 0 saturated heterocycles. The molecule has 0 aliphatic heterocycles. The third-order valence-electron chi connectivity index (χ3n) is 2.26. The molecule has 90 valence electrons. The molecule has 5 nitrogen and oxygen atoms in total. The van der Waals surface area contributed by atoms with Crippen molar-refractivity contribution in [2.24, 2.45) is 0 Å². The van der Waals surface area contributed by atoms with Crippen molar-refractivity contribution >= 4 is 5.69 Å². The van der Waals surface area contributed by atoms with Crippen LogP contribution in [0.25, 0.3) is 0 Å². The standard InChI is InChI=1S/C12H15N3O2/c1-9-14-12(15-17-9)7-13-11-5-3-4-10(6-11)8-16-2/h3-6,13H,7-8H2,1-2H3. The Morgan fingerprint density at radius 1 is 1.41 bits per heavy atom. The van der Waals surface area contributed by atoms with Gasteiger partial charge in [0.05, 0.1) is 13.2 Å². The number of rotatable bonds is 5. The number of aromatic nitrogens is 2. The lowest BCUT2D eigenvalue weighted by atomic mass is 10.2. The van der Waals surface area contributed by atoms with Crippen LogP contribution in [-0.2, 0) is 17.9 Å². The van der Waals surface area contributed by atoms with E-state index in [4.69, 9.17) is 9.26 Å². The van der Waals surface area contributed by atoms with E-state index in [0.717, 1.165) is 11.3 Å². The second kappa shape index (κ2) is 5.45. The molecule has 1 aromatic carbocycles. The van der Waals surface area contributed by atoms with Crippen LogP contribution in [0, 0.1) is 6.92 Å². The zero-order chi connectivity index (χ0) is 12.1. The van der Waals surface area contributed by atoms with E-state index < -0.39 is 0 Å². The van der Waals surface area contributed by atoms with Crippen LogP contribution in [0.5, 0.6) is 0 Å². The first kappa shape index (κ1) is 11.6. The molecule has 1 N–H and O–H groups in total. The number of anilines is 1. The highest BCUT2D eigenvalue weighted by Gasteiger charge is 2.02. The Balaban J connectivity index is 1.96. The molecule has 0 amide bonds. The lowest BCUT2D eigenvalue weighted by Crippen LogP contribution is -2.01. The van der Waals surface area contributed by atoms with Crippen LogP contribution in [0.2, 0.25) is 0 Å². The average molecular weight is 233 g/mol. The second-order valence-corrected chi connectivity index (χ2v) is 3.72. The molecular weight excluding hydrogens is 218 g/mol. The minimum absolute atomic E-state index is 0.549. The Morgan fingerprint density at radius 2 is 2.29 bits per heavy atom. The van der Waals surface area contributed by atoms with Crippen molar-refractivity contribution in [3.05, 3.63) is 41.5 Å². The third-order valence-corrected chi connectivity index (χ3v) is 2.26. The van der Waals surface area contributed by atoms with Gasteiger partial charge >= 0.3 is 0 Å². The molecule has 0 fully saturated rings. The highest BCUT2D eigenvalue weighted by Crippen LogP contribution is 2.12. The Labute approximate surface area is 99.8 Å². The quantitative estimate of drug-likeness (QED) is 0.857. The van der Waals surface area contributed by atoms with Crippen molar-refractivity contribution in [3.8, 4) is 0 Å². The zero-order valence-electron chi connectivity index (χ0n) is 9.93. The Kier molecular flexibility index (Phi) is 3.72. The molecule has 0 saturated carbocycles. The van der Waals surface area contributed by atoms with E-state index in [0.29, 0.717) is 24.9 Å². The molecule has 2 aromatic rings. The van der Waals surface area contributed by atoms with Gasteiger partial charge in [-0.1, -0.05) is 17.3 Å². The van der Waals surface area contributed by atoms with Gasteiger partial charge in [-0.2, -0.15) is 4.98 Å². The van der Waals surface area contributed by atoms with E-state index in [1.54, 1.807) is 14.0 Å². The summed E-state index contributed by atoms with van der Waals surface area (Å²) in [7, 11) is 1.68. The van der Waals surface area contributed by atoms with Crippen LogP contribution in [0.15, 0.2) is 28.8 Å². The van der Waals surface area contributed by atoms with Gasteiger partial charge in [-0.3, -0.25) is 0 Å². The summed E-state index contributed by atoms with van der Waals surface area (Å²) in [5.41, 5.74) is 2.14. The first-order valence-corrected chi connectivity index (χ1v) is 5.39. The molecular formula is C12H15N3O2. The van der Waals surface area contributed by atoms with Crippen molar-refractivity contribution in [2.75, 3.05) is 12.4 Å². The Bertz CT molecular complexity index is 482. The second-order valence-electron chi connectivity index (χ2n) is 3.72. The van der Waals surface area contributed by atoms with Gasteiger partial charge in [0.15, 0.2) is 5.82 Å². The molecule has 0 atom stereocenters. The van der Waals surface area contributed by atoms with Crippen LogP contribution in [-0.4, -0.2) is 17.3 Å². The lowest BCUT2D eigenvalue weighted by molar-refractivity contribution is 0.185. The fourth-order valence-electron chi connectivity index (χ4n) is 1.53. The molecule has 0 unspecified atom stereocenters. The first-order valence-electron chi connectivity index (χ1n) is 5.39. The van der Waals surface area contributed by atoms with E-state index in [9.17, 15) is 0 Å². The molecule has 1 aromatic heterocycles. The lowest BCUT2D eigenvalue weighted by Gasteiger charge is -2.05. The number of aryl methyl sites for hydroxylation is 1. The van der Waals surface area contributed by atoms with E-state index in [1.807, 2.05) is 24.3 Å². The molecule has 1 heterocycles. The van der Waals surface area contributed by atoms with Crippen LogP contribution < -0.4 is 5.32 Å². The number of hydrogen-bond donors (Lipinski definition) is 1. The summed E-state index contributed by atoms with van der Waals surface area (Å²) in [6.45, 7) is 2.93. The third kappa shape index (κ3) is 3.29. The molecule has 0 aliphatic rings. The number of benzene rings is 1. The van der Waals surface area contributed by atoms with Crippen LogP contribution >= 0.6 is 0 Å². The predicted molar refractivity (Wildman–Crippen MR) is 63.5 cm³/mol. The van der Waals surface area contributed by atoms with Crippen molar-refractivity contribution in [1.82, 2.24) is 10.1 Å². The minimum Gasteiger partial charge on any atom is -0.380 e. The first-order chi connectivity index (χ1) is 8.28. The number of nitrogens with one attached hydrogen (secondary N) is 1. The Morgan fingerprint density at radius 3 is 3.00 bits per heavy atom. The topological polar surface area (TPSA) is 60.2 Å². The van der Waals surface area contributed by atoms with Gasteiger partial charge in [-0.05, 0) is 17.7 Å². The van der Waals surface area contributed by atoms with Gasteiger partial charge in [0.25, 0.3) is 0 Å². The van der Waals surface area contributed by atoms with Gasteiger partial charge in [0, 0.05) is 19.7 Å². The van der Waals surface area contributed by atoms with Crippen molar-refractivity contribution < 1.29 is 9.26 Å². The number of ether oxygens (including phenoxy) is 1. The highest BCUT2D eigenvalue weighted by molar-refractivity contribution is 5.45. The van der Waals surface area contributed by atoms with Crippen molar-refractivity contribution in [1.29, 1.82) is 0 Å². The number of nitrogens with zero attached hydrogens (tertiary/aromatic N) is 2. The van der Waals surface area contributed by atoms with Gasteiger partial charge in [0.2, 0.25) is 5.89 Å². The van der Waals surface area contributed by atoms with Crippen molar-refractivity contribution in [3.63, 3.8) is 0 Å². The maximum atomic E-state index is 5.08. The van der Waals surface area contributed by atoms with E-state index in [-0.39, 0.29) is 0 Å². The Hall–Kier alpha value is -1.88.